The Morgan fingerprint density at radius 1 is 1.10 bits per heavy atom. The van der Waals surface area contributed by atoms with Crippen LogP contribution in [0.4, 0.5) is 13.2 Å². The summed E-state index contributed by atoms with van der Waals surface area (Å²) >= 11 is 0. The Labute approximate surface area is 169 Å². The maximum Gasteiger partial charge on any atom is 0.416 e. The van der Waals surface area contributed by atoms with Gasteiger partial charge in [-0.05, 0) is 66.8 Å². The molecule has 1 unspecified atom stereocenters. The van der Waals surface area contributed by atoms with Crippen LogP contribution in [-0.2, 0) is 11.0 Å². The number of hydrogen-bond donors (Lipinski definition) is 1. The summed E-state index contributed by atoms with van der Waals surface area (Å²) in [6.07, 6.45) is -4.46. The van der Waals surface area contributed by atoms with Crippen LogP contribution in [0.2, 0.25) is 0 Å². The zero-order valence-corrected chi connectivity index (χ0v) is 17.2. The highest BCUT2D eigenvalue weighted by atomic mass is 19.4. The third-order valence-corrected chi connectivity index (χ3v) is 4.62. The summed E-state index contributed by atoms with van der Waals surface area (Å²) in [4.78, 5) is 12.3. The molecule has 0 radical (unpaired) electrons. The molecule has 1 amide bonds. The summed E-state index contributed by atoms with van der Waals surface area (Å²) in [6, 6.07) is 8.11. The first kappa shape index (κ1) is 22.6. The van der Waals surface area contributed by atoms with E-state index in [1.165, 1.54) is 12.1 Å². The first-order chi connectivity index (χ1) is 13.5. The summed E-state index contributed by atoms with van der Waals surface area (Å²) in [7, 11) is 1.62. The standard InChI is InChI=1S/C22H26F3NO3/c1-13(2)18-11-19(14(3)9-20(18)28-5)15(4)26-21(27)12-29-17-8-6-7-16(10-17)22(23,24)25/h6-11,13,15H,12H2,1-5H3,(H,26,27). The molecule has 4 nitrogen and oxygen atoms in total. The highest BCUT2D eigenvalue weighted by molar-refractivity contribution is 5.78. The minimum Gasteiger partial charge on any atom is -0.496 e. The van der Waals surface area contributed by atoms with Gasteiger partial charge >= 0.3 is 6.18 Å². The van der Waals surface area contributed by atoms with Gasteiger partial charge in [-0.15, -0.1) is 0 Å². The Hall–Kier alpha value is -2.70. The van der Waals surface area contributed by atoms with E-state index in [2.05, 4.69) is 19.2 Å². The van der Waals surface area contributed by atoms with Crippen molar-refractivity contribution in [2.75, 3.05) is 13.7 Å². The van der Waals surface area contributed by atoms with Gasteiger partial charge in [0.05, 0.1) is 18.7 Å². The Morgan fingerprint density at radius 3 is 2.38 bits per heavy atom. The lowest BCUT2D eigenvalue weighted by molar-refractivity contribution is -0.137. The van der Waals surface area contributed by atoms with Crippen LogP contribution in [0.15, 0.2) is 36.4 Å². The number of halogens is 3. The van der Waals surface area contributed by atoms with E-state index in [9.17, 15) is 18.0 Å². The minimum absolute atomic E-state index is 0.00894. The summed E-state index contributed by atoms with van der Waals surface area (Å²) in [5.41, 5.74) is 2.13. The van der Waals surface area contributed by atoms with Crippen LogP contribution in [0, 0.1) is 6.92 Å². The van der Waals surface area contributed by atoms with Gasteiger partial charge in [-0.3, -0.25) is 4.79 Å². The van der Waals surface area contributed by atoms with Crippen LogP contribution in [0.1, 0.15) is 55.0 Å². The molecule has 0 aliphatic carbocycles. The van der Waals surface area contributed by atoms with Crippen LogP contribution in [0.5, 0.6) is 11.5 Å². The smallest absolute Gasteiger partial charge is 0.416 e. The second-order valence-corrected chi connectivity index (χ2v) is 7.21. The van der Waals surface area contributed by atoms with E-state index < -0.39 is 17.6 Å². The molecule has 0 saturated carbocycles. The molecule has 0 aliphatic rings. The SMILES string of the molecule is COc1cc(C)c(C(C)NC(=O)COc2cccc(C(F)(F)F)c2)cc1C(C)C. The van der Waals surface area contributed by atoms with Crippen molar-refractivity contribution in [3.8, 4) is 11.5 Å². The van der Waals surface area contributed by atoms with Crippen molar-refractivity contribution in [1.82, 2.24) is 5.32 Å². The molecule has 1 atom stereocenters. The first-order valence-corrected chi connectivity index (χ1v) is 9.30. The number of carbonyl (C=O) groups excluding carboxylic acids is 1. The second-order valence-electron chi connectivity index (χ2n) is 7.21. The van der Waals surface area contributed by atoms with Crippen molar-refractivity contribution >= 4 is 5.91 Å². The van der Waals surface area contributed by atoms with E-state index in [0.29, 0.717) is 0 Å². The van der Waals surface area contributed by atoms with Gasteiger partial charge in [0.2, 0.25) is 0 Å². The average molecular weight is 409 g/mol. The van der Waals surface area contributed by atoms with Crippen molar-refractivity contribution in [3.05, 3.63) is 58.7 Å². The predicted molar refractivity (Wildman–Crippen MR) is 105 cm³/mol. The first-order valence-electron chi connectivity index (χ1n) is 9.30. The van der Waals surface area contributed by atoms with Gasteiger partial charge in [0.25, 0.3) is 5.91 Å². The van der Waals surface area contributed by atoms with E-state index in [0.717, 1.165) is 34.6 Å². The Bertz CT molecular complexity index is 863. The van der Waals surface area contributed by atoms with Crippen LogP contribution >= 0.6 is 0 Å². The van der Waals surface area contributed by atoms with Gasteiger partial charge in [0.1, 0.15) is 11.5 Å². The quantitative estimate of drug-likeness (QED) is 0.666. The van der Waals surface area contributed by atoms with E-state index >= 15 is 0 Å². The number of rotatable bonds is 7. The third kappa shape index (κ3) is 5.89. The number of nitrogens with one attached hydrogen (secondary N) is 1. The normalized spacial score (nSPS) is 12.6. The lowest BCUT2D eigenvalue weighted by Crippen LogP contribution is -2.31. The monoisotopic (exact) mass is 409 g/mol. The number of amides is 1. The molecule has 7 heteroatoms. The number of aryl methyl sites for hydroxylation is 1. The molecular formula is C22H26F3NO3. The molecule has 158 valence electrons. The number of hydrogen-bond acceptors (Lipinski definition) is 3. The van der Waals surface area contributed by atoms with Gasteiger partial charge in [-0.25, -0.2) is 0 Å². The molecule has 2 aromatic rings. The number of alkyl halides is 3. The molecule has 0 bridgehead atoms. The molecular weight excluding hydrogens is 383 g/mol. The second kappa shape index (κ2) is 9.20. The minimum atomic E-state index is -4.46. The molecule has 0 spiro atoms. The van der Waals surface area contributed by atoms with Crippen LogP contribution < -0.4 is 14.8 Å². The number of methoxy groups -OCH3 is 1. The molecule has 0 saturated heterocycles. The topological polar surface area (TPSA) is 47.6 Å². The Kier molecular flexibility index (Phi) is 7.16. The fourth-order valence-electron chi connectivity index (χ4n) is 3.08. The molecule has 0 fully saturated rings. The van der Waals surface area contributed by atoms with E-state index in [1.54, 1.807) is 7.11 Å². The Balaban J connectivity index is 2.05. The van der Waals surface area contributed by atoms with Crippen molar-refractivity contribution in [2.24, 2.45) is 0 Å². The van der Waals surface area contributed by atoms with Crippen LogP contribution in [-0.4, -0.2) is 19.6 Å². The van der Waals surface area contributed by atoms with E-state index in [4.69, 9.17) is 9.47 Å². The van der Waals surface area contributed by atoms with Crippen molar-refractivity contribution < 1.29 is 27.4 Å². The predicted octanol–water partition coefficient (Wildman–Crippen LogP) is 5.40. The fourth-order valence-corrected chi connectivity index (χ4v) is 3.08. The van der Waals surface area contributed by atoms with Gasteiger partial charge in [-0.1, -0.05) is 19.9 Å². The van der Waals surface area contributed by atoms with Gasteiger partial charge in [-0.2, -0.15) is 13.2 Å². The van der Waals surface area contributed by atoms with Crippen LogP contribution in [0.25, 0.3) is 0 Å². The molecule has 1 N–H and O–H groups in total. The summed E-state index contributed by atoms with van der Waals surface area (Å²) < 4.78 is 49.0. The third-order valence-electron chi connectivity index (χ3n) is 4.62. The lowest BCUT2D eigenvalue weighted by Gasteiger charge is -2.21. The lowest BCUT2D eigenvalue weighted by atomic mass is 9.93. The summed E-state index contributed by atoms with van der Waals surface area (Å²) in [6.45, 7) is 7.52. The summed E-state index contributed by atoms with van der Waals surface area (Å²) in [5.74, 6) is 0.616. The van der Waals surface area contributed by atoms with Gasteiger partial charge < -0.3 is 14.8 Å². The van der Waals surface area contributed by atoms with E-state index in [-0.39, 0.29) is 24.3 Å². The van der Waals surface area contributed by atoms with E-state index in [1.807, 2.05) is 26.0 Å². The largest absolute Gasteiger partial charge is 0.496 e. The maximum atomic E-state index is 12.8. The molecule has 2 aromatic carbocycles. The highest BCUT2D eigenvalue weighted by Gasteiger charge is 2.30. The van der Waals surface area contributed by atoms with Crippen molar-refractivity contribution in [2.45, 2.75) is 45.8 Å². The zero-order chi connectivity index (χ0) is 21.8. The zero-order valence-electron chi connectivity index (χ0n) is 17.2. The fraction of sp³-hybridized carbons (Fsp3) is 0.409. The van der Waals surface area contributed by atoms with Crippen molar-refractivity contribution in [3.63, 3.8) is 0 Å². The molecule has 0 aliphatic heterocycles. The van der Waals surface area contributed by atoms with Crippen LogP contribution in [0.3, 0.4) is 0 Å². The summed E-state index contributed by atoms with van der Waals surface area (Å²) in [5, 5.41) is 2.83. The molecule has 29 heavy (non-hydrogen) atoms. The molecule has 2 rings (SSSR count). The van der Waals surface area contributed by atoms with Gasteiger partial charge in [0.15, 0.2) is 6.61 Å². The average Bonchev–Trinajstić information content (AvgIpc) is 2.65. The van der Waals surface area contributed by atoms with Gasteiger partial charge in [0, 0.05) is 0 Å². The van der Waals surface area contributed by atoms with Crippen molar-refractivity contribution in [1.29, 1.82) is 0 Å². The Morgan fingerprint density at radius 2 is 1.79 bits per heavy atom. The number of ether oxygens (including phenoxy) is 2. The number of benzene rings is 2. The molecule has 0 aromatic heterocycles. The maximum absolute atomic E-state index is 12.8. The highest BCUT2D eigenvalue weighted by Crippen LogP contribution is 2.32. The number of carbonyl (C=O) groups is 1. The molecule has 0 heterocycles.